The first-order valence-electron chi connectivity index (χ1n) is 5.30. The van der Waals surface area contributed by atoms with E-state index >= 15 is 0 Å². The summed E-state index contributed by atoms with van der Waals surface area (Å²) < 4.78 is 5.20. The van der Waals surface area contributed by atoms with Crippen LogP contribution < -0.4 is 10.9 Å². The van der Waals surface area contributed by atoms with Gasteiger partial charge in [0.15, 0.2) is 11.0 Å². The summed E-state index contributed by atoms with van der Waals surface area (Å²) in [4.78, 5) is 19.6. The van der Waals surface area contributed by atoms with Crippen molar-refractivity contribution in [3.63, 3.8) is 0 Å². The molecule has 6 nitrogen and oxygen atoms in total. The van der Waals surface area contributed by atoms with Gasteiger partial charge < -0.3 is 4.74 Å². The van der Waals surface area contributed by atoms with Gasteiger partial charge in [-0.2, -0.15) is 0 Å². The fourth-order valence-electron chi connectivity index (χ4n) is 1.68. The van der Waals surface area contributed by atoms with Gasteiger partial charge in [-0.25, -0.2) is 20.8 Å². The molecular formula is C10H13ClN4O2. The molecule has 0 aliphatic carbocycles. The maximum absolute atomic E-state index is 11.9. The maximum Gasteiger partial charge on any atom is 0.242 e. The Labute approximate surface area is 104 Å². The molecule has 92 valence electrons. The number of hydrogen-bond donors (Lipinski definition) is 1. The van der Waals surface area contributed by atoms with Gasteiger partial charge in [0.25, 0.3) is 0 Å². The number of halogens is 1. The maximum atomic E-state index is 11.9. The van der Waals surface area contributed by atoms with Crippen LogP contribution in [0.15, 0.2) is 12.4 Å². The first-order valence-corrected chi connectivity index (χ1v) is 5.68. The third-order valence-corrected chi connectivity index (χ3v) is 2.89. The van der Waals surface area contributed by atoms with E-state index in [1.54, 1.807) is 0 Å². The van der Waals surface area contributed by atoms with Crippen molar-refractivity contribution < 1.29 is 9.53 Å². The molecule has 1 atom stereocenters. The molecular weight excluding hydrogens is 244 g/mol. The minimum Gasteiger partial charge on any atom is -0.381 e. The third kappa shape index (κ3) is 2.91. The van der Waals surface area contributed by atoms with E-state index in [1.807, 2.05) is 0 Å². The topological polar surface area (TPSA) is 81.3 Å². The summed E-state index contributed by atoms with van der Waals surface area (Å²) in [7, 11) is 0. The fraction of sp³-hybridized carbons (Fsp3) is 0.500. The van der Waals surface area contributed by atoms with Gasteiger partial charge >= 0.3 is 0 Å². The number of anilines is 1. The molecule has 7 heteroatoms. The van der Waals surface area contributed by atoms with Gasteiger partial charge in [-0.3, -0.25) is 4.79 Å². The van der Waals surface area contributed by atoms with Crippen molar-refractivity contribution in [2.45, 2.75) is 12.8 Å². The number of hydrogen-bond acceptors (Lipinski definition) is 5. The van der Waals surface area contributed by atoms with Crippen molar-refractivity contribution in [2.75, 3.05) is 18.2 Å². The minimum absolute atomic E-state index is 0.117. The smallest absolute Gasteiger partial charge is 0.242 e. The molecule has 2 heterocycles. The second kappa shape index (κ2) is 5.39. The Kier molecular flexibility index (Phi) is 3.88. The molecule has 1 saturated heterocycles. The highest BCUT2D eigenvalue weighted by Crippen LogP contribution is 2.21. The summed E-state index contributed by atoms with van der Waals surface area (Å²) >= 11 is 5.81. The molecule has 17 heavy (non-hydrogen) atoms. The lowest BCUT2D eigenvalue weighted by Gasteiger charge is -2.17. The predicted octanol–water partition coefficient (Wildman–Crippen LogP) is 0.763. The monoisotopic (exact) mass is 256 g/mol. The van der Waals surface area contributed by atoms with Gasteiger partial charge in [-0.05, 0) is 12.3 Å². The number of nitrogens with two attached hydrogens (primary N) is 1. The Balaban J connectivity index is 2.01. The Hall–Kier alpha value is -1.24. The zero-order valence-electron chi connectivity index (χ0n) is 9.17. The van der Waals surface area contributed by atoms with Gasteiger partial charge in [-0.15, -0.1) is 0 Å². The van der Waals surface area contributed by atoms with E-state index < -0.39 is 0 Å². The van der Waals surface area contributed by atoms with E-state index in [0.717, 1.165) is 11.4 Å². The molecule has 1 fully saturated rings. The van der Waals surface area contributed by atoms with Crippen LogP contribution in [0, 0.1) is 5.92 Å². The minimum atomic E-state index is -0.233. The van der Waals surface area contributed by atoms with Gasteiger partial charge in [0, 0.05) is 32.0 Å². The number of ether oxygens (including phenoxy) is 1. The third-order valence-electron chi connectivity index (χ3n) is 2.62. The number of carbonyl (C=O) groups is 1. The van der Waals surface area contributed by atoms with Gasteiger partial charge in [0.1, 0.15) is 0 Å². The van der Waals surface area contributed by atoms with Crippen molar-refractivity contribution in [1.29, 1.82) is 0 Å². The van der Waals surface area contributed by atoms with Crippen LogP contribution in [0.4, 0.5) is 5.82 Å². The van der Waals surface area contributed by atoms with Crippen molar-refractivity contribution in [3.05, 3.63) is 17.5 Å². The van der Waals surface area contributed by atoms with Crippen LogP contribution in [0.25, 0.3) is 0 Å². The molecule has 0 aromatic carbocycles. The summed E-state index contributed by atoms with van der Waals surface area (Å²) in [6, 6.07) is 0. The molecule has 2 rings (SSSR count). The van der Waals surface area contributed by atoms with Crippen LogP contribution in [0.5, 0.6) is 0 Å². The molecule has 1 aromatic rings. The number of carbonyl (C=O) groups excluding carboxylic acids is 1. The van der Waals surface area contributed by atoms with Crippen LogP contribution in [0.2, 0.25) is 5.15 Å². The lowest BCUT2D eigenvalue weighted by molar-refractivity contribution is -0.119. The van der Waals surface area contributed by atoms with Gasteiger partial charge in [-0.1, -0.05) is 11.6 Å². The summed E-state index contributed by atoms with van der Waals surface area (Å²) in [5.41, 5.74) is 0. The molecule has 2 N–H and O–H groups in total. The van der Waals surface area contributed by atoms with Crippen molar-refractivity contribution in [2.24, 2.45) is 11.8 Å². The molecule has 1 amide bonds. The molecule has 1 aromatic heterocycles. The highest BCUT2D eigenvalue weighted by molar-refractivity contribution is 6.32. The summed E-state index contributed by atoms with van der Waals surface area (Å²) in [6.07, 6.45) is 4.10. The highest BCUT2D eigenvalue weighted by Gasteiger charge is 2.23. The number of nitrogens with zero attached hydrogens (tertiary/aromatic N) is 3. The lowest BCUT2D eigenvalue weighted by atomic mass is 10.0. The Morgan fingerprint density at radius 3 is 3.00 bits per heavy atom. The van der Waals surface area contributed by atoms with Crippen LogP contribution in [-0.4, -0.2) is 29.1 Å². The van der Waals surface area contributed by atoms with Crippen molar-refractivity contribution in [1.82, 2.24) is 9.97 Å². The van der Waals surface area contributed by atoms with E-state index in [-0.39, 0.29) is 22.8 Å². The molecule has 0 bridgehead atoms. The van der Waals surface area contributed by atoms with E-state index in [9.17, 15) is 4.79 Å². The molecule has 1 aliphatic rings. The number of amides is 1. The average molecular weight is 257 g/mol. The Bertz CT molecular complexity index is 409. The SMILES string of the molecule is NN(C(=O)CC1CCOC1)c1nccnc1Cl. The molecule has 1 aliphatic heterocycles. The van der Waals surface area contributed by atoms with Crippen molar-refractivity contribution in [3.8, 4) is 0 Å². The first-order chi connectivity index (χ1) is 8.18. The summed E-state index contributed by atoms with van der Waals surface area (Å²) in [5, 5.41) is 1.07. The largest absolute Gasteiger partial charge is 0.381 e. The standard InChI is InChI=1S/C10H13ClN4O2/c11-9-10(14-3-2-13-9)15(12)8(16)5-7-1-4-17-6-7/h2-3,7H,1,4-6,12H2. The van der Waals surface area contributed by atoms with Gasteiger partial charge in [0.05, 0.1) is 0 Å². The molecule has 0 radical (unpaired) electrons. The lowest BCUT2D eigenvalue weighted by Crippen LogP contribution is -2.39. The predicted molar refractivity (Wildman–Crippen MR) is 62.3 cm³/mol. The fourth-order valence-corrected chi connectivity index (χ4v) is 1.88. The second-order valence-corrected chi connectivity index (χ2v) is 4.23. The zero-order chi connectivity index (χ0) is 12.3. The van der Waals surface area contributed by atoms with E-state index in [0.29, 0.717) is 19.6 Å². The van der Waals surface area contributed by atoms with E-state index in [1.165, 1.54) is 12.4 Å². The highest BCUT2D eigenvalue weighted by atomic mass is 35.5. The second-order valence-electron chi connectivity index (χ2n) is 3.87. The van der Waals surface area contributed by atoms with Crippen LogP contribution in [0.1, 0.15) is 12.8 Å². The average Bonchev–Trinajstić information content (AvgIpc) is 2.81. The summed E-state index contributed by atoms with van der Waals surface area (Å²) in [6.45, 7) is 1.31. The number of hydrazine groups is 1. The summed E-state index contributed by atoms with van der Waals surface area (Å²) in [5.74, 6) is 5.84. The van der Waals surface area contributed by atoms with E-state index in [2.05, 4.69) is 9.97 Å². The number of aromatic nitrogens is 2. The molecule has 1 unspecified atom stereocenters. The van der Waals surface area contributed by atoms with E-state index in [4.69, 9.17) is 22.2 Å². The Morgan fingerprint density at radius 2 is 2.35 bits per heavy atom. The molecule has 0 spiro atoms. The number of rotatable bonds is 3. The quantitative estimate of drug-likeness (QED) is 0.491. The molecule has 0 saturated carbocycles. The van der Waals surface area contributed by atoms with Crippen LogP contribution in [0.3, 0.4) is 0 Å². The van der Waals surface area contributed by atoms with Crippen molar-refractivity contribution >= 4 is 23.3 Å². The Morgan fingerprint density at radius 1 is 1.59 bits per heavy atom. The zero-order valence-corrected chi connectivity index (χ0v) is 9.93. The van der Waals surface area contributed by atoms with Gasteiger partial charge in [0.2, 0.25) is 5.91 Å². The van der Waals surface area contributed by atoms with Crippen LogP contribution in [-0.2, 0) is 9.53 Å². The van der Waals surface area contributed by atoms with Crippen LogP contribution >= 0.6 is 11.6 Å². The normalized spacial score (nSPS) is 19.3. The first kappa shape index (κ1) is 12.2.